The highest BCUT2D eigenvalue weighted by atomic mass is 32.1. The number of carbonyl (C=O) groups is 1. The smallest absolute Gasteiger partial charge is 0.279 e. The zero-order valence-corrected chi connectivity index (χ0v) is 14.7. The number of rotatable bonds is 3. The van der Waals surface area contributed by atoms with E-state index in [0.717, 1.165) is 38.2 Å². The zero-order chi connectivity index (χ0) is 16.5. The Balaban J connectivity index is 1.83. The molecule has 120 valence electrons. The van der Waals surface area contributed by atoms with Gasteiger partial charge in [0.2, 0.25) is 0 Å². The fourth-order valence-corrected chi connectivity index (χ4v) is 4.46. The first kappa shape index (κ1) is 15.2. The molecule has 4 nitrogen and oxygen atoms in total. The van der Waals surface area contributed by atoms with Gasteiger partial charge in [0.05, 0.1) is 25.9 Å². The van der Waals surface area contributed by atoms with Gasteiger partial charge in [0.15, 0.2) is 4.80 Å². The van der Waals surface area contributed by atoms with Crippen LogP contribution in [0.3, 0.4) is 0 Å². The number of carbonyl (C=O) groups excluding carboxylic acids is 1. The summed E-state index contributed by atoms with van der Waals surface area (Å²) in [6.07, 6.45) is 0.995. The van der Waals surface area contributed by atoms with Crippen LogP contribution < -0.4 is 4.80 Å². The summed E-state index contributed by atoms with van der Waals surface area (Å²) < 4.78 is 4.28. The highest BCUT2D eigenvalue weighted by molar-refractivity contribution is 7.17. The van der Waals surface area contributed by atoms with Crippen LogP contribution in [0.1, 0.15) is 23.7 Å². The summed E-state index contributed by atoms with van der Waals surface area (Å²) in [4.78, 5) is 22.0. The molecule has 0 aliphatic rings. The molecule has 0 unspecified atom stereocenters. The van der Waals surface area contributed by atoms with Crippen LogP contribution in [0.25, 0.3) is 20.4 Å². The second kappa shape index (κ2) is 6.30. The number of hydrogen-bond acceptors (Lipinski definition) is 4. The number of thiazole rings is 2. The molecular formula is C18H15N3OS2. The Hall–Kier alpha value is -2.31. The Labute approximate surface area is 146 Å². The van der Waals surface area contributed by atoms with Crippen LogP contribution in [-0.4, -0.2) is 15.5 Å². The average Bonchev–Trinajstić information content (AvgIpc) is 3.19. The van der Waals surface area contributed by atoms with Crippen molar-refractivity contribution in [3.63, 3.8) is 0 Å². The Kier molecular flexibility index (Phi) is 4.00. The van der Waals surface area contributed by atoms with E-state index in [1.165, 1.54) is 11.3 Å². The first-order valence-electron chi connectivity index (χ1n) is 7.77. The lowest BCUT2D eigenvalue weighted by Gasteiger charge is -2.02. The van der Waals surface area contributed by atoms with Crippen molar-refractivity contribution in [1.82, 2.24) is 9.55 Å². The summed E-state index contributed by atoms with van der Waals surface area (Å²) in [6.45, 7) is 2.98. The van der Waals surface area contributed by atoms with E-state index in [0.29, 0.717) is 5.56 Å². The molecule has 0 saturated heterocycles. The van der Waals surface area contributed by atoms with Gasteiger partial charge in [-0.25, -0.2) is 4.98 Å². The first-order valence-corrected chi connectivity index (χ1v) is 9.46. The van der Waals surface area contributed by atoms with E-state index in [1.54, 1.807) is 22.9 Å². The minimum Gasteiger partial charge on any atom is -0.316 e. The molecule has 2 heterocycles. The predicted molar refractivity (Wildman–Crippen MR) is 99.6 cm³/mol. The van der Waals surface area contributed by atoms with Crippen molar-refractivity contribution in [3.05, 3.63) is 58.3 Å². The summed E-state index contributed by atoms with van der Waals surface area (Å²) in [5, 5.41) is 0. The van der Waals surface area contributed by atoms with E-state index in [9.17, 15) is 4.79 Å². The van der Waals surface area contributed by atoms with Crippen molar-refractivity contribution >= 4 is 49.0 Å². The van der Waals surface area contributed by atoms with E-state index in [4.69, 9.17) is 0 Å². The fourth-order valence-electron chi connectivity index (χ4n) is 2.69. The van der Waals surface area contributed by atoms with Crippen molar-refractivity contribution in [3.8, 4) is 0 Å². The van der Waals surface area contributed by atoms with E-state index in [2.05, 4.69) is 33.6 Å². The third kappa shape index (κ3) is 2.68. The summed E-state index contributed by atoms with van der Waals surface area (Å²) in [7, 11) is 0. The molecule has 0 aliphatic heterocycles. The number of para-hydroxylation sites is 1. The number of benzene rings is 2. The van der Waals surface area contributed by atoms with Gasteiger partial charge in [0.25, 0.3) is 5.91 Å². The van der Waals surface area contributed by atoms with Crippen molar-refractivity contribution in [2.75, 3.05) is 0 Å². The summed E-state index contributed by atoms with van der Waals surface area (Å²) in [5.41, 5.74) is 4.44. The molecule has 0 fully saturated rings. The number of hydrogen-bond donors (Lipinski definition) is 0. The Bertz CT molecular complexity index is 1100. The van der Waals surface area contributed by atoms with Crippen LogP contribution >= 0.6 is 22.7 Å². The molecule has 0 bridgehead atoms. The third-order valence-electron chi connectivity index (χ3n) is 3.81. The molecule has 24 heavy (non-hydrogen) atoms. The van der Waals surface area contributed by atoms with Crippen molar-refractivity contribution in [1.29, 1.82) is 0 Å². The van der Waals surface area contributed by atoms with Crippen molar-refractivity contribution < 1.29 is 4.79 Å². The summed E-state index contributed by atoms with van der Waals surface area (Å²) in [6, 6.07) is 13.7. The lowest BCUT2D eigenvalue weighted by atomic mass is 10.2. The van der Waals surface area contributed by atoms with Gasteiger partial charge >= 0.3 is 0 Å². The maximum Gasteiger partial charge on any atom is 0.279 e. The molecule has 0 spiro atoms. The first-order chi connectivity index (χ1) is 11.8. The maximum atomic E-state index is 12.6. The van der Waals surface area contributed by atoms with Gasteiger partial charge in [-0.15, -0.1) is 11.3 Å². The van der Waals surface area contributed by atoms with E-state index in [1.807, 2.05) is 24.3 Å². The molecular weight excluding hydrogens is 338 g/mol. The van der Waals surface area contributed by atoms with Crippen LogP contribution in [-0.2, 0) is 6.54 Å². The average molecular weight is 353 g/mol. The topological polar surface area (TPSA) is 47.2 Å². The molecule has 0 atom stereocenters. The molecule has 0 aliphatic carbocycles. The Morgan fingerprint density at radius 3 is 2.96 bits per heavy atom. The van der Waals surface area contributed by atoms with Crippen LogP contribution in [0.5, 0.6) is 0 Å². The lowest BCUT2D eigenvalue weighted by Crippen LogP contribution is -2.16. The highest BCUT2D eigenvalue weighted by Gasteiger charge is 2.09. The molecule has 2 aromatic carbocycles. The summed E-state index contributed by atoms with van der Waals surface area (Å²) >= 11 is 3.09. The van der Waals surface area contributed by atoms with Gasteiger partial charge < -0.3 is 4.57 Å². The SMILES string of the molecule is CCCn1c(=NC(=O)c2ccc3ncsc3c2)sc2ccccc21. The minimum absolute atomic E-state index is 0.207. The quantitative estimate of drug-likeness (QED) is 0.546. The standard InChI is InChI=1S/C18H15N3OS2/c1-2-9-21-14-5-3-4-6-15(14)24-18(21)20-17(22)12-7-8-13-16(10-12)23-11-19-13/h3-8,10-11H,2,9H2,1H3. The molecule has 0 radical (unpaired) electrons. The zero-order valence-electron chi connectivity index (χ0n) is 13.1. The largest absolute Gasteiger partial charge is 0.316 e. The van der Waals surface area contributed by atoms with Crippen LogP contribution in [0.4, 0.5) is 0 Å². The van der Waals surface area contributed by atoms with Gasteiger partial charge in [-0.3, -0.25) is 4.79 Å². The number of amides is 1. The Morgan fingerprint density at radius 2 is 2.08 bits per heavy atom. The van der Waals surface area contributed by atoms with E-state index >= 15 is 0 Å². The van der Waals surface area contributed by atoms with Crippen molar-refractivity contribution in [2.24, 2.45) is 4.99 Å². The van der Waals surface area contributed by atoms with E-state index < -0.39 is 0 Å². The molecule has 1 amide bonds. The summed E-state index contributed by atoms with van der Waals surface area (Å²) in [5.74, 6) is -0.207. The molecule has 0 saturated carbocycles. The van der Waals surface area contributed by atoms with Gasteiger partial charge in [-0.1, -0.05) is 30.4 Å². The van der Waals surface area contributed by atoms with E-state index in [-0.39, 0.29) is 5.91 Å². The minimum atomic E-state index is -0.207. The Morgan fingerprint density at radius 1 is 1.21 bits per heavy atom. The second-order valence-electron chi connectivity index (χ2n) is 5.46. The molecule has 4 rings (SSSR count). The molecule has 0 N–H and O–H groups in total. The second-order valence-corrected chi connectivity index (χ2v) is 7.35. The number of aromatic nitrogens is 2. The normalized spacial score (nSPS) is 12.3. The molecule has 2 aromatic heterocycles. The monoisotopic (exact) mass is 353 g/mol. The van der Waals surface area contributed by atoms with Crippen LogP contribution in [0.2, 0.25) is 0 Å². The number of nitrogens with zero attached hydrogens (tertiary/aromatic N) is 3. The lowest BCUT2D eigenvalue weighted by molar-refractivity contribution is 0.0998. The number of aryl methyl sites for hydroxylation is 1. The van der Waals surface area contributed by atoms with Crippen LogP contribution in [0, 0.1) is 0 Å². The third-order valence-corrected chi connectivity index (χ3v) is 5.66. The van der Waals surface area contributed by atoms with Gasteiger partial charge in [-0.05, 0) is 36.8 Å². The predicted octanol–water partition coefficient (Wildman–Crippen LogP) is 4.46. The highest BCUT2D eigenvalue weighted by Crippen LogP contribution is 2.20. The number of fused-ring (bicyclic) bond motifs is 2. The molecule has 6 heteroatoms. The van der Waals surface area contributed by atoms with Gasteiger partial charge in [-0.2, -0.15) is 4.99 Å². The molecule has 4 aromatic rings. The fraction of sp³-hybridized carbons (Fsp3) is 0.167. The van der Waals surface area contributed by atoms with Crippen molar-refractivity contribution in [2.45, 2.75) is 19.9 Å². The van der Waals surface area contributed by atoms with Gasteiger partial charge in [0.1, 0.15) is 0 Å². The van der Waals surface area contributed by atoms with Crippen LogP contribution in [0.15, 0.2) is 53.0 Å². The van der Waals surface area contributed by atoms with Gasteiger partial charge in [0, 0.05) is 12.1 Å². The maximum absolute atomic E-state index is 12.6.